The van der Waals surface area contributed by atoms with Crippen molar-refractivity contribution in [3.05, 3.63) is 30.1 Å². The fraction of sp³-hybridized carbons (Fsp3) is 0.684. The molecule has 126 valence electrons. The summed E-state index contributed by atoms with van der Waals surface area (Å²) in [5, 5.41) is 0. The third kappa shape index (κ3) is 3.30. The Morgan fingerprint density at radius 3 is 2.57 bits per heavy atom. The minimum atomic E-state index is -1.02. The first-order valence-corrected chi connectivity index (χ1v) is 9.98. The molecule has 4 heteroatoms. The predicted octanol–water partition coefficient (Wildman–Crippen LogP) is 5.26. The van der Waals surface area contributed by atoms with E-state index in [2.05, 4.69) is 4.90 Å². The highest BCUT2D eigenvalue weighted by Crippen LogP contribution is 2.54. The van der Waals surface area contributed by atoms with Crippen molar-refractivity contribution in [1.29, 1.82) is 0 Å². The number of piperidine rings is 1. The zero-order chi connectivity index (χ0) is 15.9. The third-order valence-corrected chi connectivity index (χ3v) is 7.04. The summed E-state index contributed by atoms with van der Waals surface area (Å²) in [5.41, 5.74) is 0. The summed E-state index contributed by atoms with van der Waals surface area (Å²) in [7, 11) is 0. The summed E-state index contributed by atoms with van der Waals surface area (Å²) in [5.74, 6) is 1.41. The first-order chi connectivity index (χ1) is 11.2. The van der Waals surface area contributed by atoms with E-state index in [1.165, 1.54) is 25.0 Å². The lowest BCUT2D eigenvalue weighted by Crippen LogP contribution is -2.51. The van der Waals surface area contributed by atoms with E-state index in [1.807, 2.05) is 12.1 Å². The van der Waals surface area contributed by atoms with E-state index >= 15 is 4.39 Å². The lowest BCUT2D eigenvalue weighted by atomic mass is 9.85. The Labute approximate surface area is 141 Å². The summed E-state index contributed by atoms with van der Waals surface area (Å²) < 4.78 is 28.0. The van der Waals surface area contributed by atoms with Crippen molar-refractivity contribution in [2.24, 2.45) is 11.8 Å². The molecule has 1 aliphatic carbocycles. The second-order valence-corrected chi connectivity index (χ2v) is 8.58. The molecule has 0 radical (unpaired) electrons. The number of halogens is 2. The van der Waals surface area contributed by atoms with Gasteiger partial charge in [-0.2, -0.15) is 0 Å². The van der Waals surface area contributed by atoms with Crippen LogP contribution in [-0.4, -0.2) is 29.0 Å². The minimum Gasteiger partial charge on any atom is -0.268 e. The van der Waals surface area contributed by atoms with Crippen LogP contribution >= 0.6 is 11.8 Å². The second kappa shape index (κ2) is 6.36. The van der Waals surface area contributed by atoms with Crippen molar-refractivity contribution in [1.82, 2.24) is 4.90 Å². The maximum Gasteiger partial charge on any atom is 0.164 e. The average molecular weight is 337 g/mol. The van der Waals surface area contributed by atoms with Gasteiger partial charge in [0.05, 0.1) is 0 Å². The van der Waals surface area contributed by atoms with Crippen molar-refractivity contribution < 1.29 is 8.78 Å². The Balaban J connectivity index is 1.30. The quantitative estimate of drug-likeness (QED) is 0.396. The van der Waals surface area contributed by atoms with Gasteiger partial charge < -0.3 is 0 Å². The van der Waals surface area contributed by atoms with Crippen LogP contribution in [0, 0.1) is 17.7 Å². The first kappa shape index (κ1) is 15.9. The highest BCUT2D eigenvalue weighted by atomic mass is 32.2. The molecule has 0 N–H and O–H groups in total. The van der Waals surface area contributed by atoms with Gasteiger partial charge in [0.25, 0.3) is 0 Å². The SMILES string of the molecule is Fc1ccc(SCCCN2C3CCC2(F)CCC3C2CC2)cc1. The van der Waals surface area contributed by atoms with Gasteiger partial charge in [-0.25, -0.2) is 8.78 Å². The van der Waals surface area contributed by atoms with Crippen LogP contribution in [0.1, 0.15) is 44.9 Å². The normalized spacial score (nSPS) is 34.0. The fourth-order valence-electron chi connectivity index (χ4n) is 4.66. The molecule has 3 fully saturated rings. The number of thioether (sulfide) groups is 1. The largest absolute Gasteiger partial charge is 0.268 e. The summed E-state index contributed by atoms with van der Waals surface area (Å²) in [6, 6.07) is 7.15. The number of fused-ring (bicyclic) bond motifs is 2. The molecule has 2 aliphatic heterocycles. The maximum atomic E-state index is 15.1. The Morgan fingerprint density at radius 1 is 1.09 bits per heavy atom. The molecule has 1 saturated carbocycles. The van der Waals surface area contributed by atoms with Crippen molar-refractivity contribution >= 4 is 11.8 Å². The van der Waals surface area contributed by atoms with Crippen LogP contribution in [0.15, 0.2) is 29.2 Å². The van der Waals surface area contributed by atoms with Gasteiger partial charge in [0, 0.05) is 17.5 Å². The summed E-state index contributed by atoms with van der Waals surface area (Å²) in [4.78, 5) is 3.31. The number of nitrogens with zero attached hydrogens (tertiary/aromatic N) is 1. The number of hydrogen-bond acceptors (Lipinski definition) is 2. The lowest BCUT2D eigenvalue weighted by Gasteiger charge is -2.43. The molecule has 1 nitrogen and oxygen atoms in total. The standard InChI is InChI=1S/C19H25F2NS/c20-15-4-6-16(7-5-15)23-13-1-12-22-18-9-11-19(22,21)10-8-17(18)14-2-3-14/h4-7,14,17-18H,1-3,8-13H2. The first-order valence-electron chi connectivity index (χ1n) is 9.00. The van der Waals surface area contributed by atoms with Crippen LogP contribution in [-0.2, 0) is 0 Å². The van der Waals surface area contributed by atoms with Crippen molar-refractivity contribution in [2.45, 2.75) is 61.7 Å². The van der Waals surface area contributed by atoms with E-state index in [-0.39, 0.29) is 5.82 Å². The van der Waals surface area contributed by atoms with Crippen molar-refractivity contribution in [3.63, 3.8) is 0 Å². The molecule has 3 aliphatic rings. The third-order valence-electron chi connectivity index (χ3n) is 5.95. The zero-order valence-corrected chi connectivity index (χ0v) is 14.3. The smallest absolute Gasteiger partial charge is 0.164 e. The van der Waals surface area contributed by atoms with Gasteiger partial charge in [0.1, 0.15) is 5.82 Å². The molecule has 2 bridgehead atoms. The molecule has 0 aromatic heterocycles. The zero-order valence-electron chi connectivity index (χ0n) is 13.5. The molecule has 1 aromatic carbocycles. The van der Waals surface area contributed by atoms with Gasteiger partial charge in [0.15, 0.2) is 5.79 Å². The van der Waals surface area contributed by atoms with Gasteiger partial charge in [-0.3, -0.25) is 4.90 Å². The Morgan fingerprint density at radius 2 is 1.83 bits per heavy atom. The van der Waals surface area contributed by atoms with Crippen molar-refractivity contribution in [3.8, 4) is 0 Å². The van der Waals surface area contributed by atoms with Gasteiger partial charge in [0.2, 0.25) is 0 Å². The molecule has 0 spiro atoms. The van der Waals surface area contributed by atoms with Gasteiger partial charge in [-0.05, 0) is 86.8 Å². The molecule has 1 aromatic rings. The number of benzene rings is 1. The van der Waals surface area contributed by atoms with E-state index in [0.717, 1.165) is 61.1 Å². The second-order valence-electron chi connectivity index (χ2n) is 7.41. The molecule has 0 amide bonds. The van der Waals surface area contributed by atoms with E-state index in [1.54, 1.807) is 11.8 Å². The summed E-state index contributed by atoms with van der Waals surface area (Å²) >= 11 is 1.74. The highest BCUT2D eigenvalue weighted by molar-refractivity contribution is 7.99. The van der Waals surface area contributed by atoms with Crippen LogP contribution < -0.4 is 0 Å². The Bertz CT molecular complexity index is 545. The van der Waals surface area contributed by atoms with E-state index < -0.39 is 5.79 Å². The number of rotatable bonds is 6. The van der Waals surface area contributed by atoms with Crippen LogP contribution in [0.25, 0.3) is 0 Å². The fourth-order valence-corrected chi connectivity index (χ4v) is 5.49. The van der Waals surface area contributed by atoms with E-state index in [4.69, 9.17) is 0 Å². The average Bonchev–Trinajstić information content (AvgIpc) is 3.34. The summed E-state index contributed by atoms with van der Waals surface area (Å²) in [6.07, 6.45) is 7.39. The molecular formula is C19H25F2NS. The van der Waals surface area contributed by atoms with Crippen LogP contribution in [0.5, 0.6) is 0 Å². The Hall–Kier alpha value is -0.610. The van der Waals surface area contributed by atoms with Crippen molar-refractivity contribution in [2.75, 3.05) is 12.3 Å². The molecule has 23 heavy (non-hydrogen) atoms. The molecule has 2 heterocycles. The lowest BCUT2D eigenvalue weighted by molar-refractivity contribution is -0.0739. The van der Waals surface area contributed by atoms with E-state index in [9.17, 15) is 4.39 Å². The number of hydrogen-bond donors (Lipinski definition) is 0. The van der Waals surface area contributed by atoms with Crippen LogP contribution in [0.3, 0.4) is 0 Å². The van der Waals surface area contributed by atoms with E-state index in [0.29, 0.717) is 6.04 Å². The van der Waals surface area contributed by atoms with Gasteiger partial charge in [-0.1, -0.05) is 0 Å². The monoisotopic (exact) mass is 337 g/mol. The topological polar surface area (TPSA) is 3.24 Å². The minimum absolute atomic E-state index is 0.190. The molecular weight excluding hydrogens is 312 g/mol. The molecule has 4 rings (SSSR count). The van der Waals surface area contributed by atoms with Crippen LogP contribution in [0.4, 0.5) is 8.78 Å². The van der Waals surface area contributed by atoms with Gasteiger partial charge in [-0.15, -0.1) is 11.8 Å². The molecule has 2 saturated heterocycles. The predicted molar refractivity (Wildman–Crippen MR) is 90.8 cm³/mol. The Kier molecular flexibility index (Phi) is 4.39. The van der Waals surface area contributed by atoms with Gasteiger partial charge >= 0.3 is 0 Å². The van der Waals surface area contributed by atoms with Crippen LogP contribution in [0.2, 0.25) is 0 Å². The number of alkyl halides is 1. The highest BCUT2D eigenvalue weighted by Gasteiger charge is 2.55. The summed E-state index contributed by atoms with van der Waals surface area (Å²) in [6.45, 7) is 0.874. The maximum absolute atomic E-state index is 15.1. The molecule has 3 atom stereocenters. The molecule has 3 unspecified atom stereocenters.